The number of hydrogen-bond acceptors (Lipinski definition) is 4. The van der Waals surface area contributed by atoms with Gasteiger partial charge in [-0.15, -0.1) is 0 Å². The fourth-order valence-corrected chi connectivity index (χ4v) is 4.41. The number of methoxy groups -OCH3 is 1. The molecule has 0 aliphatic heterocycles. The van der Waals surface area contributed by atoms with Crippen molar-refractivity contribution in [3.05, 3.63) is 61.3 Å². The summed E-state index contributed by atoms with van der Waals surface area (Å²) in [5.74, 6) is -0.939. The summed E-state index contributed by atoms with van der Waals surface area (Å²) in [5, 5.41) is 0.692. The first-order chi connectivity index (χ1) is 12.4. The van der Waals surface area contributed by atoms with E-state index >= 15 is 0 Å². The molecular formula is C17H11BrCl2N2O3S. The van der Waals surface area contributed by atoms with Gasteiger partial charge in [0, 0.05) is 20.1 Å². The zero-order valence-electron chi connectivity index (χ0n) is 13.3. The first kappa shape index (κ1) is 19.1. The molecule has 134 valence electrons. The third kappa shape index (κ3) is 4.17. The number of esters is 1. The van der Waals surface area contributed by atoms with Crippen LogP contribution in [0.1, 0.15) is 10.4 Å². The van der Waals surface area contributed by atoms with Crippen molar-refractivity contribution in [2.45, 2.75) is 6.54 Å². The summed E-state index contributed by atoms with van der Waals surface area (Å²) in [5.41, 5.74) is 1.05. The van der Waals surface area contributed by atoms with E-state index in [4.69, 9.17) is 27.9 Å². The van der Waals surface area contributed by atoms with Crippen molar-refractivity contribution in [2.24, 2.45) is 4.99 Å². The molecule has 0 unspecified atom stereocenters. The van der Waals surface area contributed by atoms with Crippen LogP contribution in [0.5, 0.6) is 0 Å². The zero-order chi connectivity index (χ0) is 18.8. The lowest BCUT2D eigenvalue weighted by molar-refractivity contribution is -0.141. The Labute approximate surface area is 171 Å². The van der Waals surface area contributed by atoms with Crippen LogP contribution in [0.3, 0.4) is 0 Å². The topological polar surface area (TPSA) is 60.7 Å². The summed E-state index contributed by atoms with van der Waals surface area (Å²) in [6, 6.07) is 10.1. The lowest BCUT2D eigenvalue weighted by atomic mass is 10.2. The van der Waals surface area contributed by atoms with Gasteiger partial charge in [-0.3, -0.25) is 9.59 Å². The second-order valence-corrected chi connectivity index (χ2v) is 8.03. The van der Waals surface area contributed by atoms with Crippen LogP contribution in [0.2, 0.25) is 10.0 Å². The number of thiazole rings is 1. The predicted octanol–water partition coefficient (Wildman–Crippen LogP) is 4.69. The normalized spacial score (nSPS) is 11.8. The monoisotopic (exact) mass is 472 g/mol. The molecule has 1 aromatic heterocycles. The van der Waals surface area contributed by atoms with Crippen molar-refractivity contribution in [2.75, 3.05) is 7.11 Å². The maximum atomic E-state index is 12.6. The summed E-state index contributed by atoms with van der Waals surface area (Å²) in [7, 11) is 1.31. The summed E-state index contributed by atoms with van der Waals surface area (Å²) >= 11 is 16.6. The van der Waals surface area contributed by atoms with Crippen molar-refractivity contribution < 1.29 is 14.3 Å². The standard InChI is InChI=1S/C17H11BrCl2N2O3S/c1-25-15(23)8-22-13-3-2-10(18)6-14(13)26-17(22)21-16(24)9-4-11(19)7-12(20)5-9/h2-7H,8H2,1H3. The number of rotatable bonds is 3. The minimum Gasteiger partial charge on any atom is -0.468 e. The van der Waals surface area contributed by atoms with E-state index in [1.54, 1.807) is 4.57 Å². The molecule has 3 aromatic rings. The highest BCUT2D eigenvalue weighted by Crippen LogP contribution is 2.23. The first-order valence-electron chi connectivity index (χ1n) is 7.28. The van der Waals surface area contributed by atoms with Gasteiger partial charge in [-0.05, 0) is 36.4 Å². The Balaban J connectivity index is 2.15. The van der Waals surface area contributed by atoms with Gasteiger partial charge in [0.1, 0.15) is 6.54 Å². The second-order valence-electron chi connectivity index (χ2n) is 5.23. The number of benzene rings is 2. The maximum absolute atomic E-state index is 12.6. The molecule has 5 nitrogen and oxygen atoms in total. The zero-order valence-corrected chi connectivity index (χ0v) is 17.2. The molecule has 2 aromatic carbocycles. The molecule has 0 saturated carbocycles. The third-order valence-electron chi connectivity index (χ3n) is 3.47. The van der Waals surface area contributed by atoms with Gasteiger partial charge in [-0.1, -0.05) is 50.5 Å². The van der Waals surface area contributed by atoms with Crippen LogP contribution >= 0.6 is 50.5 Å². The van der Waals surface area contributed by atoms with Crippen molar-refractivity contribution >= 4 is 72.6 Å². The molecule has 1 amide bonds. The first-order valence-corrected chi connectivity index (χ1v) is 9.65. The van der Waals surface area contributed by atoms with Crippen molar-refractivity contribution in [3.8, 4) is 0 Å². The van der Waals surface area contributed by atoms with Crippen LogP contribution in [0.25, 0.3) is 10.2 Å². The number of carbonyl (C=O) groups is 2. The molecule has 26 heavy (non-hydrogen) atoms. The number of carbonyl (C=O) groups excluding carboxylic acids is 2. The fourth-order valence-electron chi connectivity index (χ4n) is 2.31. The van der Waals surface area contributed by atoms with Crippen LogP contribution in [0.15, 0.2) is 45.9 Å². The molecule has 0 aliphatic rings. The molecule has 9 heteroatoms. The summed E-state index contributed by atoms with van der Waals surface area (Å²) in [4.78, 5) is 28.9. The summed E-state index contributed by atoms with van der Waals surface area (Å²) in [6.45, 7) is -0.0550. The lowest BCUT2D eigenvalue weighted by Crippen LogP contribution is -2.22. The van der Waals surface area contributed by atoms with Crippen LogP contribution < -0.4 is 4.80 Å². The highest BCUT2D eigenvalue weighted by molar-refractivity contribution is 9.10. The van der Waals surface area contributed by atoms with Gasteiger partial charge in [0.05, 0.1) is 17.3 Å². The highest BCUT2D eigenvalue weighted by Gasteiger charge is 2.13. The maximum Gasteiger partial charge on any atom is 0.325 e. The predicted molar refractivity (Wildman–Crippen MR) is 106 cm³/mol. The number of hydrogen-bond donors (Lipinski definition) is 0. The Morgan fingerprint density at radius 2 is 1.88 bits per heavy atom. The Morgan fingerprint density at radius 3 is 2.54 bits per heavy atom. The molecule has 0 aliphatic carbocycles. The average Bonchev–Trinajstić information content (AvgIpc) is 2.90. The average molecular weight is 474 g/mol. The van der Waals surface area contributed by atoms with Gasteiger partial charge in [-0.2, -0.15) is 4.99 Å². The Bertz CT molecular complexity index is 1070. The minimum atomic E-state index is -0.501. The van der Waals surface area contributed by atoms with Gasteiger partial charge in [-0.25, -0.2) is 0 Å². The van der Waals surface area contributed by atoms with Gasteiger partial charge >= 0.3 is 5.97 Å². The van der Waals surface area contributed by atoms with Crippen molar-refractivity contribution in [1.82, 2.24) is 4.57 Å². The molecule has 3 rings (SSSR count). The van der Waals surface area contributed by atoms with E-state index in [-0.39, 0.29) is 12.1 Å². The molecule has 1 heterocycles. The number of halogens is 3. The van der Waals surface area contributed by atoms with Crippen molar-refractivity contribution in [3.63, 3.8) is 0 Å². The van der Waals surface area contributed by atoms with Crippen LogP contribution in [0.4, 0.5) is 0 Å². The van der Waals surface area contributed by atoms with Gasteiger partial charge in [0.15, 0.2) is 4.80 Å². The van der Waals surface area contributed by atoms with E-state index in [1.165, 1.54) is 36.6 Å². The molecular weight excluding hydrogens is 463 g/mol. The third-order valence-corrected chi connectivity index (χ3v) is 5.44. The van der Waals surface area contributed by atoms with E-state index in [0.717, 1.165) is 14.7 Å². The molecule has 0 bridgehead atoms. The van der Waals surface area contributed by atoms with Gasteiger partial charge in [0.2, 0.25) is 0 Å². The van der Waals surface area contributed by atoms with Crippen LogP contribution in [-0.2, 0) is 16.1 Å². The van der Waals surface area contributed by atoms with Gasteiger partial charge in [0.25, 0.3) is 5.91 Å². The number of ether oxygens (including phenoxy) is 1. The summed E-state index contributed by atoms with van der Waals surface area (Å²) < 4.78 is 8.15. The van der Waals surface area contributed by atoms with E-state index in [0.29, 0.717) is 14.8 Å². The SMILES string of the molecule is COC(=O)Cn1c(=NC(=O)c2cc(Cl)cc(Cl)c2)sc2cc(Br)ccc21. The Hall–Kier alpha value is -1.67. The van der Waals surface area contributed by atoms with Gasteiger partial charge < -0.3 is 9.30 Å². The number of aromatic nitrogens is 1. The smallest absolute Gasteiger partial charge is 0.325 e. The summed E-state index contributed by atoms with van der Waals surface area (Å²) in [6.07, 6.45) is 0. The van der Waals surface area contributed by atoms with Crippen LogP contribution in [-0.4, -0.2) is 23.6 Å². The van der Waals surface area contributed by atoms with Crippen molar-refractivity contribution in [1.29, 1.82) is 0 Å². The van der Waals surface area contributed by atoms with Crippen LogP contribution in [0, 0.1) is 0 Å². The quantitative estimate of drug-likeness (QED) is 0.518. The molecule has 0 fully saturated rings. The molecule has 0 radical (unpaired) electrons. The fraction of sp³-hybridized carbons (Fsp3) is 0.118. The van der Waals surface area contributed by atoms with E-state index in [2.05, 4.69) is 20.9 Å². The largest absolute Gasteiger partial charge is 0.468 e. The molecule has 0 saturated heterocycles. The molecule has 0 atom stereocenters. The lowest BCUT2D eigenvalue weighted by Gasteiger charge is -2.04. The Kier molecular flexibility index (Phi) is 5.82. The number of amides is 1. The minimum absolute atomic E-state index is 0.0550. The van der Waals surface area contributed by atoms with E-state index in [9.17, 15) is 9.59 Å². The van der Waals surface area contributed by atoms with E-state index < -0.39 is 11.9 Å². The number of nitrogens with zero attached hydrogens (tertiary/aromatic N) is 2. The molecule has 0 N–H and O–H groups in total. The second kappa shape index (κ2) is 7.92. The number of fused-ring (bicyclic) bond motifs is 1. The highest BCUT2D eigenvalue weighted by atomic mass is 79.9. The Morgan fingerprint density at radius 1 is 1.19 bits per heavy atom. The van der Waals surface area contributed by atoms with E-state index in [1.807, 2.05) is 18.2 Å². The molecule has 0 spiro atoms.